The zero-order valence-corrected chi connectivity index (χ0v) is 9.19. The second-order valence-corrected chi connectivity index (χ2v) is 3.96. The van der Waals surface area contributed by atoms with Crippen LogP contribution in [0.3, 0.4) is 0 Å². The lowest BCUT2D eigenvalue weighted by atomic mass is 10.3. The van der Waals surface area contributed by atoms with Crippen LogP contribution in [-0.2, 0) is 0 Å². The van der Waals surface area contributed by atoms with Crippen LogP contribution in [0.1, 0.15) is 10.4 Å². The van der Waals surface area contributed by atoms with Gasteiger partial charge in [0.05, 0.1) is 18.0 Å². The molecule has 0 bridgehead atoms. The Bertz CT molecular complexity index is 530. The number of aromatic carboxylic acids is 1. The molecule has 0 spiro atoms. The van der Waals surface area contributed by atoms with Gasteiger partial charge in [-0.3, -0.25) is 0 Å². The van der Waals surface area contributed by atoms with Gasteiger partial charge in [0, 0.05) is 6.20 Å². The summed E-state index contributed by atoms with van der Waals surface area (Å²) in [6.07, 6.45) is 3.36. The Morgan fingerprint density at radius 1 is 1.18 bits per heavy atom. The number of carboxylic acid groups (broad SMARTS) is 1. The normalized spacial score (nSPS) is 10.2. The summed E-state index contributed by atoms with van der Waals surface area (Å²) in [7, 11) is 0. The van der Waals surface area contributed by atoms with Crippen LogP contribution in [0.25, 0.3) is 0 Å². The number of aromatic nitrogens is 3. The molecule has 0 aliphatic carbocycles. The highest BCUT2D eigenvalue weighted by molar-refractivity contribution is 7.99. The van der Waals surface area contributed by atoms with Crippen LogP contribution in [0.5, 0.6) is 0 Å². The third-order valence-corrected chi connectivity index (χ3v) is 2.62. The molecule has 86 valence electrons. The predicted octanol–water partition coefficient (Wildman–Crippen LogP) is 1.86. The van der Waals surface area contributed by atoms with Gasteiger partial charge in [0.15, 0.2) is 11.0 Å². The largest absolute Gasteiger partial charge is 0.478 e. The number of halogens is 1. The molecule has 0 unspecified atom stereocenters. The maximum Gasteiger partial charge on any atom is 0.337 e. The Morgan fingerprint density at radius 2 is 1.88 bits per heavy atom. The van der Waals surface area contributed by atoms with E-state index in [-0.39, 0.29) is 5.56 Å². The van der Waals surface area contributed by atoms with E-state index >= 15 is 0 Å². The second-order valence-electron chi connectivity index (χ2n) is 2.98. The summed E-state index contributed by atoms with van der Waals surface area (Å²) in [6.45, 7) is 0. The molecular weight excluding hydrogens is 245 g/mol. The van der Waals surface area contributed by atoms with E-state index in [0.29, 0.717) is 10.2 Å². The van der Waals surface area contributed by atoms with Crippen LogP contribution in [-0.4, -0.2) is 26.0 Å². The number of nitrogens with zero attached hydrogens (tertiary/aromatic N) is 3. The van der Waals surface area contributed by atoms with Crippen LogP contribution < -0.4 is 0 Å². The van der Waals surface area contributed by atoms with Gasteiger partial charge in [-0.05, 0) is 23.9 Å². The second kappa shape index (κ2) is 4.88. The fourth-order valence-electron chi connectivity index (χ4n) is 1.01. The smallest absolute Gasteiger partial charge is 0.337 e. The van der Waals surface area contributed by atoms with Crippen molar-refractivity contribution in [3.05, 3.63) is 42.1 Å². The predicted molar refractivity (Wildman–Crippen MR) is 57.3 cm³/mol. The van der Waals surface area contributed by atoms with Gasteiger partial charge in [0.25, 0.3) is 0 Å². The van der Waals surface area contributed by atoms with Crippen LogP contribution in [0.4, 0.5) is 4.39 Å². The molecule has 2 aromatic rings. The van der Waals surface area contributed by atoms with E-state index in [1.54, 1.807) is 6.07 Å². The number of carbonyl (C=O) groups is 1. The average molecular weight is 251 g/mol. The molecule has 2 heterocycles. The Morgan fingerprint density at radius 3 is 2.41 bits per heavy atom. The summed E-state index contributed by atoms with van der Waals surface area (Å²) in [5, 5.41) is 9.58. The highest BCUT2D eigenvalue weighted by Gasteiger charge is 2.05. The number of carboxylic acids is 1. The molecule has 7 heteroatoms. The van der Waals surface area contributed by atoms with Gasteiger partial charge < -0.3 is 5.11 Å². The standard InChI is InChI=1S/C10H6FN3O2S/c11-7-4-13-10(14-5-7)17-8-2-1-6(3-12-8)9(15)16/h1-5H,(H,15,16). The molecular formula is C10H6FN3O2S. The minimum atomic E-state index is -1.04. The molecule has 0 aliphatic rings. The molecule has 0 fully saturated rings. The first-order valence-corrected chi connectivity index (χ1v) is 5.31. The number of pyridine rings is 1. The van der Waals surface area contributed by atoms with Gasteiger partial charge in [-0.25, -0.2) is 24.1 Å². The van der Waals surface area contributed by atoms with E-state index < -0.39 is 11.8 Å². The highest BCUT2D eigenvalue weighted by Crippen LogP contribution is 2.21. The van der Waals surface area contributed by atoms with Crippen LogP contribution in [0.2, 0.25) is 0 Å². The molecule has 0 radical (unpaired) electrons. The van der Waals surface area contributed by atoms with Gasteiger partial charge in [0.1, 0.15) is 5.03 Å². The summed E-state index contributed by atoms with van der Waals surface area (Å²) in [4.78, 5) is 22.0. The molecule has 17 heavy (non-hydrogen) atoms. The van der Waals surface area contributed by atoms with E-state index in [2.05, 4.69) is 15.0 Å². The monoisotopic (exact) mass is 251 g/mol. The lowest BCUT2D eigenvalue weighted by Crippen LogP contribution is -1.97. The molecule has 1 N–H and O–H groups in total. The van der Waals surface area contributed by atoms with Crippen LogP contribution >= 0.6 is 11.8 Å². The van der Waals surface area contributed by atoms with Crippen molar-refractivity contribution >= 4 is 17.7 Å². The first-order valence-electron chi connectivity index (χ1n) is 4.50. The molecule has 0 aromatic carbocycles. The third kappa shape index (κ3) is 2.97. The van der Waals surface area contributed by atoms with Gasteiger partial charge in [-0.1, -0.05) is 0 Å². The van der Waals surface area contributed by atoms with E-state index in [4.69, 9.17) is 5.11 Å². The van der Waals surface area contributed by atoms with Crippen molar-refractivity contribution in [2.45, 2.75) is 10.2 Å². The summed E-state index contributed by atoms with van der Waals surface area (Å²) in [5.74, 6) is -1.55. The molecule has 5 nitrogen and oxygen atoms in total. The molecule has 0 amide bonds. The molecule has 0 aliphatic heterocycles. The number of rotatable bonds is 3. The highest BCUT2D eigenvalue weighted by atomic mass is 32.2. The number of hydrogen-bond acceptors (Lipinski definition) is 5. The Balaban J connectivity index is 2.13. The van der Waals surface area contributed by atoms with Crippen molar-refractivity contribution in [1.29, 1.82) is 0 Å². The maximum absolute atomic E-state index is 12.6. The van der Waals surface area contributed by atoms with E-state index in [0.717, 1.165) is 24.2 Å². The molecule has 2 rings (SSSR count). The lowest BCUT2D eigenvalue weighted by Gasteiger charge is -1.99. The van der Waals surface area contributed by atoms with E-state index in [1.165, 1.54) is 12.3 Å². The SMILES string of the molecule is O=C(O)c1ccc(Sc2ncc(F)cn2)nc1. The number of hydrogen-bond donors (Lipinski definition) is 1. The van der Waals surface area contributed by atoms with Crippen molar-refractivity contribution in [2.75, 3.05) is 0 Å². The molecule has 0 saturated carbocycles. The maximum atomic E-state index is 12.6. The van der Waals surface area contributed by atoms with E-state index in [1.807, 2.05) is 0 Å². The Hall–Kier alpha value is -2.02. The lowest BCUT2D eigenvalue weighted by molar-refractivity contribution is 0.0696. The minimum absolute atomic E-state index is 0.106. The first kappa shape index (κ1) is 11.5. The van der Waals surface area contributed by atoms with Crippen LogP contribution in [0, 0.1) is 5.82 Å². The van der Waals surface area contributed by atoms with Gasteiger partial charge in [0.2, 0.25) is 0 Å². The summed E-state index contributed by atoms with van der Waals surface area (Å²) in [5.41, 5.74) is 0.106. The molecule has 2 aromatic heterocycles. The van der Waals surface area contributed by atoms with Gasteiger partial charge in [-0.15, -0.1) is 0 Å². The first-order chi connectivity index (χ1) is 8.15. The average Bonchev–Trinajstić information content (AvgIpc) is 2.33. The van der Waals surface area contributed by atoms with Crippen molar-refractivity contribution in [3.63, 3.8) is 0 Å². The Labute approximate surface area is 99.8 Å². The summed E-state index contributed by atoms with van der Waals surface area (Å²) in [6, 6.07) is 2.97. The fraction of sp³-hybridized carbons (Fsp3) is 0. The van der Waals surface area contributed by atoms with Gasteiger partial charge >= 0.3 is 5.97 Å². The van der Waals surface area contributed by atoms with Crippen molar-refractivity contribution in [1.82, 2.24) is 15.0 Å². The van der Waals surface area contributed by atoms with Crippen molar-refractivity contribution in [3.8, 4) is 0 Å². The quantitative estimate of drug-likeness (QED) is 0.839. The third-order valence-electron chi connectivity index (χ3n) is 1.78. The topological polar surface area (TPSA) is 76.0 Å². The zero-order valence-electron chi connectivity index (χ0n) is 8.37. The van der Waals surface area contributed by atoms with Crippen LogP contribution in [0.15, 0.2) is 40.9 Å². The minimum Gasteiger partial charge on any atom is -0.478 e. The summed E-state index contributed by atoms with van der Waals surface area (Å²) < 4.78 is 12.6. The molecule has 0 atom stereocenters. The zero-order chi connectivity index (χ0) is 12.3. The fourth-order valence-corrected chi connectivity index (χ4v) is 1.65. The van der Waals surface area contributed by atoms with Gasteiger partial charge in [-0.2, -0.15) is 0 Å². The summed E-state index contributed by atoms with van der Waals surface area (Å²) >= 11 is 1.12. The van der Waals surface area contributed by atoms with E-state index in [9.17, 15) is 9.18 Å². The Kier molecular flexibility index (Phi) is 3.29. The van der Waals surface area contributed by atoms with Crippen molar-refractivity contribution < 1.29 is 14.3 Å². The van der Waals surface area contributed by atoms with Crippen molar-refractivity contribution in [2.24, 2.45) is 0 Å². The molecule has 0 saturated heterocycles.